The van der Waals surface area contributed by atoms with Gasteiger partial charge >= 0.3 is 5.97 Å². The lowest BCUT2D eigenvalue weighted by Gasteiger charge is -2.29. The number of hydrogen-bond acceptors (Lipinski definition) is 7. The molecule has 2 aromatic heterocycles. The van der Waals surface area contributed by atoms with Gasteiger partial charge in [-0.1, -0.05) is 29.5 Å². The Morgan fingerprint density at radius 2 is 2.03 bits per heavy atom. The number of methoxy groups -OCH3 is 1. The zero-order chi connectivity index (χ0) is 22.0. The fraction of sp³-hybridized carbons (Fsp3) is 0.350. The Morgan fingerprint density at radius 1 is 1.23 bits per heavy atom. The fourth-order valence-corrected chi connectivity index (χ4v) is 7.24. The molecule has 0 bridgehead atoms. The molecule has 1 aliphatic rings. The molecule has 1 aromatic carbocycles. The van der Waals surface area contributed by atoms with E-state index in [-0.39, 0.29) is 23.2 Å². The standard InChI is InChI=1S/C20H21N3O5S3/c1-28-17(24)13-23-15-7-2-3-8-16(15)30-20(23)21-19(25)14-6-4-10-22(12-14)31(26,27)18-9-5-11-29-18/h2-3,5,7-9,11,14H,4,6,10,12-13H2,1H3. The van der Waals surface area contributed by atoms with Crippen molar-refractivity contribution < 1.29 is 22.7 Å². The van der Waals surface area contributed by atoms with E-state index in [1.165, 1.54) is 22.8 Å². The summed E-state index contributed by atoms with van der Waals surface area (Å²) >= 11 is 2.48. The van der Waals surface area contributed by atoms with E-state index in [9.17, 15) is 18.0 Å². The zero-order valence-electron chi connectivity index (χ0n) is 16.8. The predicted octanol–water partition coefficient (Wildman–Crippen LogP) is 2.47. The monoisotopic (exact) mass is 479 g/mol. The average molecular weight is 480 g/mol. The van der Waals surface area contributed by atoms with Crippen LogP contribution in [0.15, 0.2) is 51.0 Å². The van der Waals surface area contributed by atoms with Gasteiger partial charge in [-0.15, -0.1) is 11.3 Å². The quantitative estimate of drug-likeness (QED) is 0.524. The first-order valence-electron chi connectivity index (χ1n) is 9.67. The Hall–Kier alpha value is -2.34. The average Bonchev–Trinajstić information content (AvgIpc) is 3.43. The van der Waals surface area contributed by atoms with Crippen LogP contribution in [0.4, 0.5) is 0 Å². The highest BCUT2D eigenvalue weighted by atomic mass is 32.2. The molecule has 3 heterocycles. The van der Waals surface area contributed by atoms with Gasteiger partial charge in [-0.25, -0.2) is 8.42 Å². The van der Waals surface area contributed by atoms with Crippen LogP contribution < -0.4 is 4.80 Å². The molecule has 1 fully saturated rings. The number of fused-ring (bicyclic) bond motifs is 1. The van der Waals surface area contributed by atoms with Gasteiger partial charge in [0.1, 0.15) is 10.8 Å². The lowest BCUT2D eigenvalue weighted by Crippen LogP contribution is -2.42. The summed E-state index contributed by atoms with van der Waals surface area (Å²) in [5.41, 5.74) is 0.787. The van der Waals surface area contributed by atoms with Crippen molar-refractivity contribution in [1.82, 2.24) is 8.87 Å². The predicted molar refractivity (Wildman–Crippen MR) is 118 cm³/mol. The molecule has 0 spiro atoms. The number of thiophene rings is 1. The molecular weight excluding hydrogens is 458 g/mol. The molecular formula is C20H21N3O5S3. The van der Waals surface area contributed by atoms with Crippen molar-refractivity contribution in [2.45, 2.75) is 23.6 Å². The lowest BCUT2D eigenvalue weighted by atomic mass is 9.99. The SMILES string of the molecule is COC(=O)Cn1c(=NC(=O)C2CCCN(S(=O)(=O)c3cccs3)C2)sc2ccccc21. The molecule has 0 aliphatic carbocycles. The van der Waals surface area contributed by atoms with Gasteiger partial charge in [-0.05, 0) is 36.4 Å². The number of carbonyl (C=O) groups is 2. The number of esters is 1. The summed E-state index contributed by atoms with van der Waals surface area (Å²) in [5.74, 6) is -1.35. The lowest BCUT2D eigenvalue weighted by molar-refractivity contribution is -0.141. The van der Waals surface area contributed by atoms with Crippen molar-refractivity contribution in [2.75, 3.05) is 20.2 Å². The van der Waals surface area contributed by atoms with Crippen LogP contribution >= 0.6 is 22.7 Å². The molecule has 0 N–H and O–H groups in total. The van der Waals surface area contributed by atoms with E-state index in [1.54, 1.807) is 22.1 Å². The molecule has 1 unspecified atom stereocenters. The van der Waals surface area contributed by atoms with Crippen LogP contribution in [0.5, 0.6) is 0 Å². The van der Waals surface area contributed by atoms with Crippen LogP contribution in [0.25, 0.3) is 10.2 Å². The Balaban J connectivity index is 1.63. The third-order valence-corrected chi connectivity index (χ3v) is 9.43. The highest BCUT2D eigenvalue weighted by molar-refractivity contribution is 7.91. The van der Waals surface area contributed by atoms with Gasteiger partial charge in [-0.3, -0.25) is 9.59 Å². The summed E-state index contributed by atoms with van der Waals surface area (Å²) in [4.78, 5) is 29.6. The topological polar surface area (TPSA) is 98.0 Å². The van der Waals surface area contributed by atoms with Gasteiger partial charge in [0.15, 0.2) is 4.80 Å². The smallest absolute Gasteiger partial charge is 0.325 e. The van der Waals surface area contributed by atoms with Crippen LogP contribution in [0.1, 0.15) is 12.8 Å². The Labute approximate surface area is 187 Å². The highest BCUT2D eigenvalue weighted by Crippen LogP contribution is 2.27. The second-order valence-corrected chi connectivity index (χ2v) is 11.2. The van der Waals surface area contributed by atoms with Crippen molar-refractivity contribution in [1.29, 1.82) is 0 Å². The van der Waals surface area contributed by atoms with Crippen LogP contribution in [0.2, 0.25) is 0 Å². The van der Waals surface area contributed by atoms with Crippen molar-refractivity contribution in [3.63, 3.8) is 0 Å². The minimum Gasteiger partial charge on any atom is -0.468 e. The molecule has 1 atom stereocenters. The normalized spacial score (nSPS) is 18.4. The molecule has 11 heteroatoms. The summed E-state index contributed by atoms with van der Waals surface area (Å²) in [6.07, 6.45) is 1.16. The number of benzene rings is 1. The number of sulfonamides is 1. The molecule has 1 aliphatic heterocycles. The Kier molecular flexibility index (Phi) is 6.37. The number of rotatable bonds is 5. The number of piperidine rings is 1. The number of nitrogens with zero attached hydrogens (tertiary/aromatic N) is 3. The van der Waals surface area contributed by atoms with E-state index in [2.05, 4.69) is 4.99 Å². The number of carbonyl (C=O) groups excluding carboxylic acids is 2. The van der Waals surface area contributed by atoms with E-state index >= 15 is 0 Å². The first kappa shape index (κ1) is 21.9. The summed E-state index contributed by atoms with van der Waals surface area (Å²) in [6.45, 7) is 0.426. The van der Waals surface area contributed by atoms with E-state index in [0.29, 0.717) is 24.2 Å². The van der Waals surface area contributed by atoms with E-state index < -0.39 is 21.9 Å². The molecule has 8 nitrogen and oxygen atoms in total. The van der Waals surface area contributed by atoms with Crippen molar-refractivity contribution >= 4 is 54.8 Å². The van der Waals surface area contributed by atoms with Crippen molar-refractivity contribution in [3.8, 4) is 0 Å². The molecule has 0 saturated carbocycles. The Bertz CT molecular complexity index is 1270. The largest absolute Gasteiger partial charge is 0.468 e. The third-order valence-electron chi connectivity index (χ3n) is 5.13. The van der Waals surface area contributed by atoms with Gasteiger partial charge in [0.25, 0.3) is 15.9 Å². The summed E-state index contributed by atoms with van der Waals surface area (Å²) < 4.78 is 34.7. The van der Waals surface area contributed by atoms with E-state index in [0.717, 1.165) is 21.6 Å². The number of ether oxygens (including phenoxy) is 1. The molecule has 164 valence electrons. The summed E-state index contributed by atoms with van der Waals surface area (Å²) in [5, 5.41) is 1.72. The maximum absolute atomic E-state index is 13.0. The number of para-hydroxylation sites is 1. The van der Waals surface area contributed by atoms with Gasteiger partial charge < -0.3 is 9.30 Å². The molecule has 31 heavy (non-hydrogen) atoms. The Morgan fingerprint density at radius 3 is 2.77 bits per heavy atom. The first-order chi connectivity index (χ1) is 14.9. The van der Waals surface area contributed by atoms with Gasteiger partial charge in [0.2, 0.25) is 0 Å². The van der Waals surface area contributed by atoms with Crippen LogP contribution in [-0.2, 0) is 30.9 Å². The number of aromatic nitrogens is 1. The van der Waals surface area contributed by atoms with Gasteiger partial charge in [0, 0.05) is 13.1 Å². The van der Waals surface area contributed by atoms with Crippen LogP contribution in [0.3, 0.4) is 0 Å². The van der Waals surface area contributed by atoms with Crippen LogP contribution in [0, 0.1) is 5.92 Å². The summed E-state index contributed by atoms with van der Waals surface area (Å²) in [7, 11) is -2.30. The van der Waals surface area contributed by atoms with Gasteiger partial charge in [0.05, 0.1) is 23.2 Å². The number of hydrogen-bond donors (Lipinski definition) is 0. The molecule has 3 aromatic rings. The first-order valence-corrected chi connectivity index (χ1v) is 12.8. The highest BCUT2D eigenvalue weighted by Gasteiger charge is 2.33. The fourth-order valence-electron chi connectivity index (χ4n) is 3.54. The molecule has 1 amide bonds. The van der Waals surface area contributed by atoms with E-state index in [4.69, 9.17) is 4.74 Å². The second-order valence-electron chi connectivity index (χ2n) is 7.10. The third kappa shape index (κ3) is 4.49. The second kappa shape index (κ2) is 9.03. The minimum atomic E-state index is -3.61. The van der Waals surface area contributed by atoms with Crippen molar-refractivity contribution in [3.05, 3.63) is 46.6 Å². The maximum Gasteiger partial charge on any atom is 0.325 e. The van der Waals surface area contributed by atoms with E-state index in [1.807, 2.05) is 24.3 Å². The summed E-state index contributed by atoms with van der Waals surface area (Å²) in [6, 6.07) is 10.7. The number of amides is 1. The van der Waals surface area contributed by atoms with Gasteiger partial charge in [-0.2, -0.15) is 9.30 Å². The maximum atomic E-state index is 13.0. The molecule has 0 radical (unpaired) electrons. The van der Waals surface area contributed by atoms with Crippen LogP contribution in [-0.4, -0.2) is 49.4 Å². The molecule has 1 saturated heterocycles. The molecule has 4 rings (SSSR count). The number of thiazole rings is 1. The zero-order valence-corrected chi connectivity index (χ0v) is 19.2. The van der Waals surface area contributed by atoms with Crippen molar-refractivity contribution in [2.24, 2.45) is 10.9 Å². The minimum absolute atomic E-state index is 0.0593.